The number of carbonyl (C=O) groups excluding carboxylic acids is 1. The zero-order chi connectivity index (χ0) is 19.3. The third-order valence-corrected chi connectivity index (χ3v) is 5.21. The number of carbonyl (C=O) groups is 1. The Bertz CT molecular complexity index is 981. The summed E-state index contributed by atoms with van der Waals surface area (Å²) in [5.41, 5.74) is 0.813. The molecule has 1 amide bonds. The Hall–Kier alpha value is -2.52. The first-order valence-corrected chi connectivity index (χ1v) is 10.3. The molecule has 1 aliphatic heterocycles. The number of thioether (sulfide) groups is 1. The zero-order valence-electron chi connectivity index (χ0n) is 14.6. The van der Waals surface area contributed by atoms with Gasteiger partial charge in [-0.1, -0.05) is 45.9 Å². The molecular formula is C19H16BrN3O4S. The minimum atomic E-state index is -0.226. The summed E-state index contributed by atoms with van der Waals surface area (Å²) in [6.07, 6.45) is -0.226. The van der Waals surface area contributed by atoms with Gasteiger partial charge in [-0.15, -0.1) is 10.2 Å². The van der Waals surface area contributed by atoms with Gasteiger partial charge in [0.1, 0.15) is 12.7 Å². The molecule has 0 saturated heterocycles. The van der Waals surface area contributed by atoms with Crippen LogP contribution in [0.1, 0.15) is 0 Å². The number of nitrogens with one attached hydrogen (secondary N) is 1. The van der Waals surface area contributed by atoms with E-state index in [1.54, 1.807) is 0 Å². The molecule has 2 aromatic carbocycles. The first kappa shape index (κ1) is 18.8. The summed E-state index contributed by atoms with van der Waals surface area (Å²) in [6, 6.07) is 15.0. The maximum atomic E-state index is 12.1. The van der Waals surface area contributed by atoms with Gasteiger partial charge in [-0.2, -0.15) is 0 Å². The number of ether oxygens (including phenoxy) is 2. The van der Waals surface area contributed by atoms with E-state index in [9.17, 15) is 4.79 Å². The molecule has 144 valence electrons. The van der Waals surface area contributed by atoms with Crippen LogP contribution in [0.15, 0.2) is 62.6 Å². The van der Waals surface area contributed by atoms with Gasteiger partial charge in [0.05, 0.1) is 12.3 Å². The van der Waals surface area contributed by atoms with E-state index in [0.29, 0.717) is 30.0 Å². The van der Waals surface area contributed by atoms with Gasteiger partial charge in [0.2, 0.25) is 11.8 Å². The Balaban J connectivity index is 1.24. The third kappa shape index (κ3) is 4.66. The van der Waals surface area contributed by atoms with Crippen LogP contribution in [-0.2, 0) is 4.79 Å². The van der Waals surface area contributed by atoms with Crippen molar-refractivity contribution in [2.75, 3.05) is 18.9 Å². The van der Waals surface area contributed by atoms with Crippen LogP contribution in [0.5, 0.6) is 11.5 Å². The van der Waals surface area contributed by atoms with Crippen molar-refractivity contribution in [3.63, 3.8) is 0 Å². The van der Waals surface area contributed by atoms with E-state index in [1.165, 1.54) is 11.8 Å². The lowest BCUT2D eigenvalue weighted by atomic mass is 10.2. The van der Waals surface area contributed by atoms with Crippen molar-refractivity contribution < 1.29 is 18.7 Å². The second kappa shape index (κ2) is 8.66. The lowest BCUT2D eigenvalue weighted by Crippen LogP contribution is -2.41. The maximum Gasteiger partial charge on any atom is 0.277 e. The molecule has 1 atom stereocenters. The predicted octanol–water partition coefficient (Wildman–Crippen LogP) is 3.55. The number of amides is 1. The highest BCUT2D eigenvalue weighted by molar-refractivity contribution is 9.10. The Morgan fingerprint density at radius 3 is 2.89 bits per heavy atom. The lowest BCUT2D eigenvalue weighted by Gasteiger charge is -2.26. The minimum absolute atomic E-state index is 0.144. The summed E-state index contributed by atoms with van der Waals surface area (Å²) < 4.78 is 18.0. The van der Waals surface area contributed by atoms with Crippen molar-refractivity contribution in [3.8, 4) is 23.0 Å². The SMILES string of the molecule is O=C(CSc1nnc(-c2cccc(Br)c2)o1)NC[C@@H]1COc2ccccc2O1. The van der Waals surface area contributed by atoms with Crippen molar-refractivity contribution in [1.82, 2.24) is 15.5 Å². The molecule has 7 nitrogen and oxygen atoms in total. The molecule has 28 heavy (non-hydrogen) atoms. The third-order valence-electron chi connectivity index (χ3n) is 3.90. The molecule has 0 aliphatic carbocycles. The van der Waals surface area contributed by atoms with E-state index >= 15 is 0 Å². The zero-order valence-corrected chi connectivity index (χ0v) is 17.0. The van der Waals surface area contributed by atoms with Gasteiger partial charge in [0.25, 0.3) is 5.22 Å². The largest absolute Gasteiger partial charge is 0.486 e. The highest BCUT2D eigenvalue weighted by Crippen LogP contribution is 2.30. The van der Waals surface area contributed by atoms with E-state index in [2.05, 4.69) is 31.4 Å². The molecule has 0 fully saturated rings. The van der Waals surface area contributed by atoms with E-state index in [-0.39, 0.29) is 17.8 Å². The van der Waals surface area contributed by atoms with Gasteiger partial charge in [-0.3, -0.25) is 4.79 Å². The summed E-state index contributed by atoms with van der Waals surface area (Å²) in [7, 11) is 0. The Labute approximate surface area is 173 Å². The summed E-state index contributed by atoms with van der Waals surface area (Å²) in [5.74, 6) is 1.85. The number of rotatable bonds is 6. The van der Waals surface area contributed by atoms with Crippen molar-refractivity contribution in [3.05, 3.63) is 53.0 Å². The molecule has 0 radical (unpaired) electrons. The summed E-state index contributed by atoms with van der Waals surface area (Å²) in [4.78, 5) is 12.1. The number of hydrogen-bond donors (Lipinski definition) is 1. The average Bonchev–Trinajstić information content (AvgIpc) is 3.20. The van der Waals surface area contributed by atoms with E-state index < -0.39 is 0 Å². The quantitative estimate of drug-likeness (QED) is 0.561. The Kier molecular flexibility index (Phi) is 5.82. The van der Waals surface area contributed by atoms with Crippen LogP contribution < -0.4 is 14.8 Å². The predicted molar refractivity (Wildman–Crippen MR) is 108 cm³/mol. The smallest absolute Gasteiger partial charge is 0.277 e. The van der Waals surface area contributed by atoms with Crippen LogP contribution in [-0.4, -0.2) is 41.1 Å². The second-order valence-corrected chi connectivity index (χ2v) is 7.82. The van der Waals surface area contributed by atoms with Crippen molar-refractivity contribution in [2.24, 2.45) is 0 Å². The summed E-state index contributed by atoms with van der Waals surface area (Å²) in [6.45, 7) is 0.755. The number of hydrogen-bond acceptors (Lipinski definition) is 7. The fourth-order valence-corrected chi connectivity index (χ4v) is 3.57. The fraction of sp³-hybridized carbons (Fsp3) is 0.211. The molecule has 4 rings (SSSR count). The molecule has 2 heterocycles. The monoisotopic (exact) mass is 461 g/mol. The normalized spacial score (nSPS) is 15.2. The molecule has 9 heteroatoms. The van der Waals surface area contributed by atoms with Crippen LogP contribution in [0.2, 0.25) is 0 Å². The fourth-order valence-electron chi connectivity index (χ4n) is 2.58. The van der Waals surface area contributed by atoms with Gasteiger partial charge >= 0.3 is 0 Å². The van der Waals surface area contributed by atoms with Crippen molar-refractivity contribution >= 4 is 33.6 Å². The molecule has 1 N–H and O–H groups in total. The van der Waals surface area contributed by atoms with Crippen LogP contribution in [0.25, 0.3) is 11.5 Å². The van der Waals surface area contributed by atoms with Crippen molar-refractivity contribution in [2.45, 2.75) is 11.3 Å². The molecular weight excluding hydrogens is 446 g/mol. The highest BCUT2D eigenvalue weighted by atomic mass is 79.9. The van der Waals surface area contributed by atoms with Gasteiger partial charge in [-0.05, 0) is 30.3 Å². The molecule has 1 aromatic heterocycles. The van der Waals surface area contributed by atoms with Crippen LogP contribution in [0.3, 0.4) is 0 Å². The first-order valence-electron chi connectivity index (χ1n) is 8.55. The number of benzene rings is 2. The van der Waals surface area contributed by atoms with E-state index in [1.807, 2.05) is 48.5 Å². The number of para-hydroxylation sites is 2. The molecule has 0 spiro atoms. The number of fused-ring (bicyclic) bond motifs is 1. The summed E-state index contributed by atoms with van der Waals surface area (Å²) >= 11 is 4.60. The van der Waals surface area contributed by atoms with Gasteiger partial charge in [0.15, 0.2) is 11.5 Å². The maximum absolute atomic E-state index is 12.1. The first-order chi connectivity index (χ1) is 13.7. The Morgan fingerprint density at radius 1 is 1.18 bits per heavy atom. The topological polar surface area (TPSA) is 86.5 Å². The van der Waals surface area contributed by atoms with Crippen LogP contribution in [0, 0.1) is 0 Å². The van der Waals surface area contributed by atoms with Gasteiger partial charge in [0, 0.05) is 10.0 Å². The minimum Gasteiger partial charge on any atom is -0.486 e. The average molecular weight is 462 g/mol. The molecule has 1 aliphatic rings. The molecule has 0 saturated carbocycles. The van der Waals surface area contributed by atoms with E-state index in [4.69, 9.17) is 13.9 Å². The number of halogens is 1. The summed E-state index contributed by atoms with van der Waals surface area (Å²) in [5, 5.41) is 11.2. The van der Waals surface area contributed by atoms with E-state index in [0.717, 1.165) is 15.8 Å². The van der Waals surface area contributed by atoms with Gasteiger partial charge in [-0.25, -0.2) is 0 Å². The van der Waals surface area contributed by atoms with Crippen LogP contribution >= 0.6 is 27.7 Å². The lowest BCUT2D eigenvalue weighted by molar-refractivity contribution is -0.119. The van der Waals surface area contributed by atoms with Crippen molar-refractivity contribution in [1.29, 1.82) is 0 Å². The molecule has 0 bridgehead atoms. The highest BCUT2D eigenvalue weighted by Gasteiger charge is 2.21. The molecule has 3 aromatic rings. The standard InChI is InChI=1S/C19H16BrN3O4S/c20-13-5-3-4-12(8-13)18-22-23-19(27-18)28-11-17(24)21-9-14-10-25-15-6-1-2-7-16(15)26-14/h1-8,14H,9-11H2,(H,21,24)/t14-/m1/s1. The second-order valence-electron chi connectivity index (χ2n) is 5.97. The Morgan fingerprint density at radius 2 is 2.04 bits per heavy atom. The number of aromatic nitrogens is 2. The number of nitrogens with zero attached hydrogens (tertiary/aromatic N) is 2. The molecule has 0 unspecified atom stereocenters. The van der Waals surface area contributed by atoms with Crippen LogP contribution in [0.4, 0.5) is 0 Å². The van der Waals surface area contributed by atoms with Gasteiger partial charge < -0.3 is 19.2 Å².